The summed E-state index contributed by atoms with van der Waals surface area (Å²) >= 11 is 1.46. The van der Waals surface area contributed by atoms with Gasteiger partial charge in [-0.3, -0.25) is 4.79 Å². The van der Waals surface area contributed by atoms with Crippen LogP contribution in [0.15, 0.2) is 29.8 Å². The average molecular weight is 354 g/mol. The molecule has 0 radical (unpaired) electrons. The van der Waals surface area contributed by atoms with E-state index in [9.17, 15) is 4.79 Å². The zero-order chi connectivity index (χ0) is 17.4. The Labute approximate surface area is 151 Å². The molecule has 3 aromatic rings. The van der Waals surface area contributed by atoms with Crippen LogP contribution in [0.4, 0.5) is 5.82 Å². The third-order valence-electron chi connectivity index (χ3n) is 5.02. The minimum absolute atomic E-state index is 0.0873. The first kappa shape index (κ1) is 16.3. The van der Waals surface area contributed by atoms with Crippen molar-refractivity contribution >= 4 is 34.1 Å². The molecule has 0 saturated carbocycles. The second kappa shape index (κ2) is 6.61. The van der Waals surface area contributed by atoms with Crippen molar-refractivity contribution in [1.29, 1.82) is 0 Å². The largest absolute Gasteiger partial charge is 0.360 e. The van der Waals surface area contributed by atoms with Crippen molar-refractivity contribution < 1.29 is 4.79 Å². The minimum Gasteiger partial charge on any atom is -0.360 e. The van der Waals surface area contributed by atoms with Crippen LogP contribution in [0.1, 0.15) is 39.6 Å². The number of H-pyrrole nitrogens is 1. The van der Waals surface area contributed by atoms with E-state index < -0.39 is 0 Å². The number of thiophene rings is 1. The predicted molar refractivity (Wildman–Crippen MR) is 103 cm³/mol. The lowest BCUT2D eigenvalue weighted by molar-refractivity contribution is 0.102. The number of aromatic nitrogens is 2. The number of rotatable bonds is 3. The summed E-state index contributed by atoms with van der Waals surface area (Å²) in [5.41, 5.74) is 4.28. The maximum absolute atomic E-state index is 12.4. The molecule has 25 heavy (non-hydrogen) atoms. The maximum atomic E-state index is 12.4. The second-order valence-electron chi connectivity index (χ2n) is 6.80. The molecule has 4 heterocycles. The van der Waals surface area contributed by atoms with Crippen LogP contribution in [0.25, 0.3) is 11.0 Å². The lowest BCUT2D eigenvalue weighted by Gasteiger charge is -2.28. The zero-order valence-corrected chi connectivity index (χ0v) is 15.3. The first-order chi connectivity index (χ1) is 12.1. The molecule has 4 rings (SSSR count). The molecule has 6 heteroatoms. The zero-order valence-electron chi connectivity index (χ0n) is 14.5. The number of likely N-dealkylation sites (tertiary alicyclic amines) is 1. The van der Waals surface area contributed by atoms with Gasteiger partial charge in [0.25, 0.3) is 5.91 Å². The highest BCUT2D eigenvalue weighted by Crippen LogP contribution is 2.32. The number of fused-ring (bicyclic) bond motifs is 1. The van der Waals surface area contributed by atoms with Crippen LogP contribution in [-0.2, 0) is 0 Å². The summed E-state index contributed by atoms with van der Waals surface area (Å²) in [4.78, 5) is 23.6. The Bertz CT molecular complexity index is 905. The summed E-state index contributed by atoms with van der Waals surface area (Å²) in [7, 11) is 2.17. The number of aryl methyl sites for hydroxylation is 1. The van der Waals surface area contributed by atoms with E-state index in [-0.39, 0.29) is 5.91 Å². The van der Waals surface area contributed by atoms with E-state index in [1.54, 1.807) is 0 Å². The van der Waals surface area contributed by atoms with Gasteiger partial charge in [-0.15, -0.1) is 11.3 Å². The summed E-state index contributed by atoms with van der Waals surface area (Å²) in [5, 5.41) is 4.88. The molecule has 3 aromatic heterocycles. The third kappa shape index (κ3) is 3.19. The molecule has 0 aliphatic carbocycles. The van der Waals surface area contributed by atoms with E-state index in [0.29, 0.717) is 11.7 Å². The highest BCUT2D eigenvalue weighted by Gasteiger charge is 2.22. The first-order valence-corrected chi connectivity index (χ1v) is 9.52. The number of aromatic amines is 1. The van der Waals surface area contributed by atoms with Crippen molar-refractivity contribution in [3.8, 4) is 0 Å². The van der Waals surface area contributed by atoms with Gasteiger partial charge in [-0.05, 0) is 80.5 Å². The highest BCUT2D eigenvalue weighted by atomic mass is 32.1. The van der Waals surface area contributed by atoms with Gasteiger partial charge in [0.1, 0.15) is 5.82 Å². The molecule has 1 aliphatic heterocycles. The van der Waals surface area contributed by atoms with Gasteiger partial charge < -0.3 is 15.2 Å². The van der Waals surface area contributed by atoms with E-state index in [2.05, 4.69) is 28.4 Å². The smallest absolute Gasteiger partial charge is 0.267 e. The topological polar surface area (TPSA) is 61.0 Å². The standard InChI is InChI=1S/C19H22N4OS/c1-12-7-10-25-18(12)19(24)22-16-4-3-15-17(21-16)14(11-20-15)13-5-8-23(2)9-6-13/h3-4,7,10-11,13,20H,5-6,8-9H2,1-2H3,(H,21,22,24). The SMILES string of the molecule is Cc1ccsc1C(=O)Nc1ccc2[nH]cc(C3CCN(C)CC3)c2n1. The molecule has 1 fully saturated rings. The van der Waals surface area contributed by atoms with Gasteiger partial charge in [0.2, 0.25) is 0 Å². The van der Waals surface area contributed by atoms with E-state index in [1.165, 1.54) is 16.9 Å². The number of piperidine rings is 1. The summed E-state index contributed by atoms with van der Waals surface area (Å²) in [5.74, 6) is 1.05. The van der Waals surface area contributed by atoms with Crippen LogP contribution in [-0.4, -0.2) is 40.9 Å². The van der Waals surface area contributed by atoms with Crippen LogP contribution in [0.2, 0.25) is 0 Å². The quantitative estimate of drug-likeness (QED) is 0.747. The third-order valence-corrected chi connectivity index (χ3v) is 6.04. The number of carbonyl (C=O) groups is 1. The molecule has 0 aromatic carbocycles. The van der Waals surface area contributed by atoms with Crippen molar-refractivity contribution in [2.75, 3.05) is 25.5 Å². The number of hydrogen-bond acceptors (Lipinski definition) is 4. The molecular formula is C19H22N4OS. The Morgan fingerprint density at radius 3 is 2.84 bits per heavy atom. The summed E-state index contributed by atoms with van der Waals surface area (Å²) in [6.45, 7) is 4.18. The Morgan fingerprint density at radius 2 is 2.12 bits per heavy atom. The summed E-state index contributed by atoms with van der Waals surface area (Å²) in [6.07, 6.45) is 4.38. The van der Waals surface area contributed by atoms with Crippen molar-refractivity contribution in [2.45, 2.75) is 25.7 Å². The fourth-order valence-electron chi connectivity index (χ4n) is 3.50. The number of nitrogens with zero attached hydrogens (tertiary/aromatic N) is 2. The maximum Gasteiger partial charge on any atom is 0.267 e. The minimum atomic E-state index is -0.0873. The molecule has 1 aliphatic rings. The van der Waals surface area contributed by atoms with Gasteiger partial charge in [0, 0.05) is 6.20 Å². The molecule has 0 spiro atoms. The van der Waals surface area contributed by atoms with Crippen molar-refractivity contribution in [3.05, 3.63) is 45.8 Å². The Hall–Kier alpha value is -2.18. The fraction of sp³-hybridized carbons (Fsp3) is 0.368. The van der Waals surface area contributed by atoms with Gasteiger partial charge in [0.15, 0.2) is 0 Å². The second-order valence-corrected chi connectivity index (χ2v) is 7.72. The van der Waals surface area contributed by atoms with Crippen LogP contribution in [0, 0.1) is 6.92 Å². The summed E-state index contributed by atoms with van der Waals surface area (Å²) < 4.78 is 0. The number of pyridine rings is 1. The van der Waals surface area contributed by atoms with Gasteiger partial charge in [0.05, 0.1) is 15.9 Å². The molecule has 130 valence electrons. The molecule has 2 N–H and O–H groups in total. The molecule has 0 atom stereocenters. The lowest BCUT2D eigenvalue weighted by atomic mass is 9.91. The molecule has 5 nitrogen and oxygen atoms in total. The van der Waals surface area contributed by atoms with Crippen molar-refractivity contribution in [1.82, 2.24) is 14.9 Å². The molecule has 0 bridgehead atoms. The Morgan fingerprint density at radius 1 is 1.32 bits per heavy atom. The fourth-order valence-corrected chi connectivity index (χ4v) is 4.32. The van der Waals surface area contributed by atoms with Gasteiger partial charge >= 0.3 is 0 Å². The Balaban J connectivity index is 1.60. The van der Waals surface area contributed by atoms with Gasteiger partial charge in [-0.2, -0.15) is 0 Å². The number of amides is 1. The normalized spacial score (nSPS) is 16.4. The Kier molecular flexibility index (Phi) is 4.31. The number of hydrogen-bond donors (Lipinski definition) is 2. The first-order valence-electron chi connectivity index (χ1n) is 8.64. The number of nitrogens with one attached hydrogen (secondary N) is 2. The van der Waals surface area contributed by atoms with Crippen molar-refractivity contribution in [3.63, 3.8) is 0 Å². The van der Waals surface area contributed by atoms with E-state index in [1.807, 2.05) is 30.5 Å². The predicted octanol–water partition coefficient (Wildman–Crippen LogP) is 3.99. The van der Waals surface area contributed by atoms with Crippen LogP contribution < -0.4 is 5.32 Å². The van der Waals surface area contributed by atoms with Crippen molar-refractivity contribution in [2.24, 2.45) is 0 Å². The average Bonchev–Trinajstić information content (AvgIpc) is 3.21. The van der Waals surface area contributed by atoms with Gasteiger partial charge in [-0.1, -0.05) is 0 Å². The molecule has 1 saturated heterocycles. The van der Waals surface area contributed by atoms with Crippen LogP contribution >= 0.6 is 11.3 Å². The van der Waals surface area contributed by atoms with E-state index in [4.69, 9.17) is 4.98 Å². The summed E-state index contributed by atoms with van der Waals surface area (Å²) in [6, 6.07) is 5.82. The number of anilines is 1. The molecular weight excluding hydrogens is 332 g/mol. The van der Waals surface area contributed by atoms with E-state index in [0.717, 1.165) is 47.4 Å². The molecule has 1 amide bonds. The van der Waals surface area contributed by atoms with Gasteiger partial charge in [-0.25, -0.2) is 4.98 Å². The lowest BCUT2D eigenvalue weighted by Crippen LogP contribution is -2.29. The molecule has 0 unspecified atom stereocenters. The van der Waals surface area contributed by atoms with Crippen LogP contribution in [0.3, 0.4) is 0 Å². The number of carbonyl (C=O) groups excluding carboxylic acids is 1. The monoisotopic (exact) mass is 354 g/mol. The van der Waals surface area contributed by atoms with E-state index >= 15 is 0 Å². The highest BCUT2D eigenvalue weighted by molar-refractivity contribution is 7.12. The van der Waals surface area contributed by atoms with Crippen LogP contribution in [0.5, 0.6) is 0 Å².